The summed E-state index contributed by atoms with van der Waals surface area (Å²) in [6, 6.07) is 0. The molecule has 0 aliphatic heterocycles. The van der Waals surface area contributed by atoms with Gasteiger partial charge in [-0.1, -0.05) is 221 Å². The van der Waals surface area contributed by atoms with E-state index in [0.717, 1.165) is 92.0 Å². The van der Waals surface area contributed by atoms with Crippen molar-refractivity contribution in [1.82, 2.24) is 0 Å². The van der Waals surface area contributed by atoms with Crippen LogP contribution >= 0.6 is 61.1 Å². The lowest BCUT2D eigenvalue weighted by atomic mass is 10.1. The Balaban J connectivity index is -0.000000125. The van der Waals surface area contributed by atoms with Crippen LogP contribution in [0.5, 0.6) is 0 Å². The molecule has 0 radical (unpaired) electrons. The molecule has 4 atom stereocenters. The van der Waals surface area contributed by atoms with Gasteiger partial charge in [0.25, 0.3) is 5.97 Å². The predicted molar refractivity (Wildman–Crippen MR) is 633 cm³/mol. The first-order valence-corrected chi connectivity index (χ1v) is 59.9. The van der Waals surface area contributed by atoms with E-state index in [4.69, 9.17) is 98.1 Å². The van der Waals surface area contributed by atoms with Crippen molar-refractivity contribution in [2.75, 3.05) is 180 Å². The lowest BCUT2D eigenvalue weighted by Gasteiger charge is -2.12. The van der Waals surface area contributed by atoms with Crippen LogP contribution in [-0.2, 0) is 131 Å². The second-order valence-electron chi connectivity index (χ2n) is 31.7. The van der Waals surface area contributed by atoms with Gasteiger partial charge in [-0.25, -0.2) is 0 Å². The molecular weight excluding hydrogens is 2060 g/mol. The molecule has 0 aliphatic rings. The number of ether oxygens (including phenoxy) is 10. The van der Waals surface area contributed by atoms with Gasteiger partial charge in [-0.05, 0) is 226 Å². The van der Waals surface area contributed by atoms with Crippen LogP contribution in [0.3, 0.4) is 0 Å². The van der Waals surface area contributed by atoms with Gasteiger partial charge in [0.15, 0.2) is 26.7 Å². The molecule has 1 N–H and O–H groups in total. The molecule has 0 rings (SSSR count). The third kappa shape index (κ3) is 146. The first kappa shape index (κ1) is 169. The fourth-order valence-electron chi connectivity index (χ4n) is 8.15. The number of ketones is 1. The van der Waals surface area contributed by atoms with Gasteiger partial charge >= 0.3 is 0 Å². The summed E-state index contributed by atoms with van der Waals surface area (Å²) in [6.07, 6.45) is 67.8. The molecule has 0 aliphatic carbocycles. The molecule has 0 saturated heterocycles. The number of carboxylic acid groups (broad SMARTS) is 1. The molecule has 4 unspecified atom stereocenters. The summed E-state index contributed by atoms with van der Waals surface area (Å²) >= 11 is 10.5. The highest BCUT2D eigenvalue weighted by Crippen LogP contribution is 2.46. The number of Topliss-reactive ketones (excluding diaryl/α,β-unsaturated/α-hetero) is 1. The van der Waals surface area contributed by atoms with E-state index in [2.05, 4.69) is 63.2 Å². The molecule has 0 spiro atoms. The number of rotatable bonds is 57. The molecule has 0 fully saturated rings. The van der Waals surface area contributed by atoms with E-state index in [1.165, 1.54) is 32.3 Å². The minimum atomic E-state index is -2.51. The number of halogens is 2. The van der Waals surface area contributed by atoms with Crippen LogP contribution in [0, 0.1) is 11.8 Å². The number of alkyl halides is 2. The summed E-state index contributed by atoms with van der Waals surface area (Å²) in [6.45, 7) is 60.3. The van der Waals surface area contributed by atoms with Crippen molar-refractivity contribution in [2.24, 2.45) is 11.8 Å². The normalized spacial score (nSPS) is 14.4. The van der Waals surface area contributed by atoms with Crippen molar-refractivity contribution in [2.45, 2.75) is 199 Å². The number of aldehydes is 6. The Labute approximate surface area is 917 Å². The minimum Gasteiger partial charge on any atom is -0.501 e. The number of aliphatic carboxylic acids is 1. The third-order valence-corrected chi connectivity index (χ3v) is 25.2. The van der Waals surface area contributed by atoms with E-state index in [1.807, 2.05) is 187 Å². The van der Waals surface area contributed by atoms with Crippen LogP contribution in [0.25, 0.3) is 0 Å². The highest BCUT2D eigenvalue weighted by atomic mass is 35.5. The van der Waals surface area contributed by atoms with Crippen LogP contribution < -0.4 is 0 Å². The molecule has 0 aromatic rings. The largest absolute Gasteiger partial charge is 0.501 e. The molecule has 29 nitrogen and oxygen atoms in total. The molecule has 36 heteroatoms. The molecular formula is C114H193Cl2O29P5. The van der Waals surface area contributed by atoms with Gasteiger partial charge in [0, 0.05) is 119 Å². The lowest BCUT2D eigenvalue weighted by molar-refractivity contribution is -0.154. The molecule has 0 heterocycles. The van der Waals surface area contributed by atoms with Crippen LogP contribution in [0.2, 0.25) is 0 Å². The molecule has 0 saturated carbocycles. The maximum atomic E-state index is 11.7. The number of carbonyl (C=O) groups is 8. The van der Waals surface area contributed by atoms with Crippen molar-refractivity contribution < 1.29 is 136 Å². The van der Waals surface area contributed by atoms with E-state index in [1.54, 1.807) is 222 Å². The number of hydrogen-bond acceptors (Lipinski definition) is 28. The number of allylic oxidation sites excluding steroid dienone is 46. The highest BCUT2D eigenvalue weighted by Gasteiger charge is 2.17. The van der Waals surface area contributed by atoms with E-state index < -0.39 is 50.1 Å². The zero-order valence-corrected chi connectivity index (χ0v) is 104. The van der Waals surface area contributed by atoms with Gasteiger partial charge in [-0.2, -0.15) is 0 Å². The topological polar surface area (TPSA) is 373 Å². The fourth-order valence-corrected chi connectivity index (χ4v) is 13.9. The fraction of sp³-hybridized carbons (Fsp3) is 0.509. The van der Waals surface area contributed by atoms with Crippen molar-refractivity contribution in [1.29, 1.82) is 0 Å². The van der Waals surface area contributed by atoms with Gasteiger partial charge in [-0.15, -0.1) is 23.2 Å². The van der Waals surface area contributed by atoms with Crippen LogP contribution in [0.15, 0.2) is 285 Å². The van der Waals surface area contributed by atoms with Gasteiger partial charge in [0.1, 0.15) is 37.7 Å². The summed E-state index contributed by atoms with van der Waals surface area (Å²) in [7, 11) is 5.26. The van der Waals surface area contributed by atoms with E-state index >= 15 is 0 Å². The smallest absolute Gasteiger partial charge is 0.300 e. The zero-order valence-electron chi connectivity index (χ0n) is 98.3. The average molecular weight is 2250 g/mol. The van der Waals surface area contributed by atoms with Gasteiger partial charge in [-0.3, -0.25) is 56.6 Å². The molecule has 862 valence electrons. The summed E-state index contributed by atoms with van der Waals surface area (Å²) in [4.78, 5) is 80.2. The predicted octanol–water partition coefficient (Wildman–Crippen LogP) is 29.4. The summed E-state index contributed by atoms with van der Waals surface area (Å²) in [5.74, 6) is 4.72. The van der Waals surface area contributed by atoms with Gasteiger partial charge in [0.05, 0.1) is 91.1 Å². The second-order valence-corrected chi connectivity index (χ2v) is 44.4. The van der Waals surface area contributed by atoms with Crippen molar-refractivity contribution in [3.05, 3.63) is 285 Å². The maximum Gasteiger partial charge on any atom is 0.300 e. The Kier molecular flexibility index (Phi) is 138. The quantitative estimate of drug-likeness (QED) is 0.00863. The zero-order chi connectivity index (χ0) is 119. The first-order valence-electron chi connectivity index (χ1n) is 48.2. The third-order valence-electron chi connectivity index (χ3n) is 16.9. The van der Waals surface area contributed by atoms with Crippen molar-refractivity contribution in [3.63, 3.8) is 0 Å². The summed E-state index contributed by atoms with van der Waals surface area (Å²) in [5, 5.41) is 7.42. The van der Waals surface area contributed by atoms with Crippen LogP contribution in [0.4, 0.5) is 0 Å². The van der Waals surface area contributed by atoms with E-state index in [-0.39, 0.29) is 18.4 Å². The lowest BCUT2D eigenvalue weighted by Crippen LogP contribution is -2.21. The Morgan fingerprint density at radius 3 is 0.573 bits per heavy atom. The van der Waals surface area contributed by atoms with Gasteiger partial charge < -0.3 is 79.6 Å². The number of hydrogen-bond donors (Lipinski definition) is 1. The Bertz CT molecular complexity index is 4060. The Morgan fingerprint density at radius 1 is 0.280 bits per heavy atom. The van der Waals surface area contributed by atoms with Crippen molar-refractivity contribution >= 4 is 111 Å². The first-order chi connectivity index (χ1) is 70.4. The van der Waals surface area contributed by atoms with Crippen molar-refractivity contribution in [3.8, 4) is 0 Å². The molecule has 0 aromatic heterocycles. The average Bonchev–Trinajstić information content (AvgIpc) is 0.923. The highest BCUT2D eigenvalue weighted by molar-refractivity contribution is 7.59. The SMILES string of the molecule is C/C(C=O)=C/C=C/C=C(/C)C=O.CC(=O)O.CCOP(C)(=O)C/C=C/CP(C)(=O)OCC.CCOP(C)(=O)C/C=C/CP(C)(=O)OCC.CCOP(C)OCC.CO/C(C)=C/C=C/C=C(/C)C=O.CO/C(C)=C/C=C/C=C(\C)C=O.CO/C(C)=C/C=C/C=C(\C)C=O.COC(C)=C/C=C/C=C(C)C=O.COC(OC)/C(C)=C/C=C/C=C(\C)C(C)C.COC(OC)C(C)=C/C=C/C=C(C)C(C)C.COC(OC)C(C)=O.ClC/C=C/CCl. The maximum absolute atomic E-state index is 11.7. The number of carbonyl (C=O) groups excluding carboxylic acids is 7. The molecule has 0 amide bonds. The molecule has 0 bridgehead atoms. The Hall–Kier alpha value is -8.43. The van der Waals surface area contributed by atoms with Crippen LogP contribution in [-0.4, -0.2) is 254 Å². The van der Waals surface area contributed by atoms with Gasteiger partial charge in [0.2, 0.25) is 35.8 Å². The minimum absolute atomic E-state index is 0.116. The van der Waals surface area contributed by atoms with E-state index in [0.29, 0.717) is 108 Å². The number of carboxylic acids is 1. The summed E-state index contributed by atoms with van der Waals surface area (Å²) in [5.41, 5.74) is 8.98. The Morgan fingerprint density at radius 2 is 0.447 bits per heavy atom. The second kappa shape index (κ2) is 122. The molecule has 150 heavy (non-hydrogen) atoms. The monoisotopic (exact) mass is 2250 g/mol. The standard InChI is InChI=1S/2C14H24O2.2C10H22O4P2.4C10H14O2.C10H12O2.C5H10O3.C5H13O2P.C4H6Cl2.C2H4O2/c2*1-11(2)12(3)9-7-8-10-13(4)14(15-5)16-6;2*1-5-13-15(3,11)9-7-8-10-16(4,12)14-6-2;4*1-9(8-11)6-4-5-7-10(2)12-3;1-9(7-11)5-3-4-6-10(2)8-12;1-4(6)5(7-2)8-3;1-4-6-8(3)7-5-2;5-3-1-2-4-6;1-2(3)4/h2*7-11,14H,1-6H3;2*7-8H,5-6,9-10H2,1-4H3;4*4-8H,1-3H3;3-8H,1-2H3;5H,1-3H3;4-5H2,1-3H3;1-2H,3-4H2;1H3,(H,3,4)/b8-7+,12-9?,13-10?;8-7+,12-9+,13-10+;2*8-7+;5-4+,9-6?,10-7?;2*5-4+,9-6+,10-7+;5-4+,9-6-,10-7+;4-3+,9-5-,10-6-;;;2-1+;. The van der Waals surface area contributed by atoms with Crippen LogP contribution in [0.1, 0.15) is 180 Å². The number of methoxy groups -OCH3 is 10. The van der Waals surface area contributed by atoms with E-state index in [9.17, 15) is 51.8 Å². The summed E-state index contributed by atoms with van der Waals surface area (Å²) < 4.78 is 127. The molecule has 0 aromatic carbocycles.